The largest absolute Gasteiger partial charge is 0.276 e. The van der Waals surface area contributed by atoms with Gasteiger partial charge in [-0.05, 0) is 34.0 Å². The van der Waals surface area contributed by atoms with Crippen molar-refractivity contribution in [3.05, 3.63) is 32.8 Å². The van der Waals surface area contributed by atoms with Crippen molar-refractivity contribution >= 4 is 48.9 Å². The van der Waals surface area contributed by atoms with Crippen molar-refractivity contribution in [2.24, 2.45) is 7.05 Å². The molecule has 2 heterocycles. The van der Waals surface area contributed by atoms with E-state index in [1.54, 1.807) is 10.9 Å². The predicted octanol–water partition coefficient (Wildman–Crippen LogP) is 2.42. The van der Waals surface area contributed by atoms with Crippen LogP contribution in [0.5, 0.6) is 0 Å². The minimum absolute atomic E-state index is 0.204. The maximum atomic E-state index is 12.0. The topological polar surface area (TPSA) is 64.0 Å². The minimum atomic E-state index is -3.50. The maximum absolute atomic E-state index is 12.0. The van der Waals surface area contributed by atoms with Crippen LogP contribution in [0, 0.1) is 0 Å². The van der Waals surface area contributed by atoms with E-state index in [4.69, 9.17) is 11.6 Å². The summed E-state index contributed by atoms with van der Waals surface area (Å²) in [6.07, 6.45) is 4.16. The summed E-state index contributed by atoms with van der Waals surface area (Å²) in [4.78, 5) is 0. The van der Waals surface area contributed by atoms with Crippen molar-refractivity contribution < 1.29 is 8.42 Å². The average molecular weight is 385 g/mol. The van der Waals surface area contributed by atoms with E-state index in [-0.39, 0.29) is 4.21 Å². The third-order valence-corrected chi connectivity index (χ3v) is 6.76. The van der Waals surface area contributed by atoms with Crippen LogP contribution in [-0.2, 0) is 23.5 Å². The first kappa shape index (κ1) is 15.0. The molecule has 0 saturated heterocycles. The van der Waals surface area contributed by atoms with E-state index < -0.39 is 10.0 Å². The second-order valence-corrected chi connectivity index (χ2v) is 8.63. The summed E-state index contributed by atoms with van der Waals surface area (Å²) in [5, 5.41) is 4.42. The van der Waals surface area contributed by atoms with Crippen molar-refractivity contribution in [1.29, 1.82) is 0 Å². The molecule has 19 heavy (non-hydrogen) atoms. The molecule has 2 aromatic rings. The minimum Gasteiger partial charge on any atom is -0.276 e. The highest BCUT2D eigenvalue weighted by molar-refractivity contribution is 9.11. The molecule has 0 amide bonds. The molecule has 104 valence electrons. The Morgan fingerprint density at radius 1 is 1.58 bits per heavy atom. The van der Waals surface area contributed by atoms with Gasteiger partial charge >= 0.3 is 0 Å². The van der Waals surface area contributed by atoms with E-state index in [1.165, 1.54) is 6.07 Å². The Balaban J connectivity index is 1.98. The fourth-order valence-electron chi connectivity index (χ4n) is 1.46. The normalized spacial score (nSPS) is 11.9. The molecule has 0 aliphatic rings. The van der Waals surface area contributed by atoms with Crippen LogP contribution in [-0.4, -0.2) is 24.7 Å². The molecule has 5 nitrogen and oxygen atoms in total. The number of sulfonamides is 1. The Hall–Kier alpha value is -0.410. The average Bonchev–Trinajstić information content (AvgIpc) is 2.87. The fraction of sp³-hybridized carbons (Fsp3) is 0.300. The Kier molecular flexibility index (Phi) is 4.67. The molecule has 1 N–H and O–H groups in total. The zero-order valence-corrected chi connectivity index (χ0v) is 13.9. The number of thiophene rings is 1. The molecular formula is C10H11BrClN3O2S2. The zero-order chi connectivity index (χ0) is 14.0. The number of nitrogens with one attached hydrogen (secondary N) is 1. The lowest BCUT2D eigenvalue weighted by Crippen LogP contribution is -2.25. The van der Waals surface area contributed by atoms with E-state index >= 15 is 0 Å². The monoisotopic (exact) mass is 383 g/mol. The summed E-state index contributed by atoms with van der Waals surface area (Å²) < 4.78 is 29.0. The van der Waals surface area contributed by atoms with Crippen molar-refractivity contribution in [2.45, 2.75) is 10.6 Å². The molecule has 9 heteroatoms. The maximum Gasteiger partial charge on any atom is 0.250 e. The molecule has 0 bridgehead atoms. The Labute approximate surface area is 128 Å². The molecule has 0 saturated carbocycles. The third kappa shape index (κ3) is 3.79. The zero-order valence-electron chi connectivity index (χ0n) is 9.93. The number of halogens is 2. The Morgan fingerprint density at radius 2 is 2.32 bits per heavy atom. The van der Waals surface area contributed by atoms with Crippen LogP contribution >= 0.6 is 38.9 Å². The second kappa shape index (κ2) is 5.92. The van der Waals surface area contributed by atoms with Crippen molar-refractivity contribution in [3.8, 4) is 0 Å². The smallest absolute Gasteiger partial charge is 0.250 e. The molecule has 0 aliphatic heterocycles. The standard InChI is InChI=1S/C10H11BrClN3O2S2/c1-15-6-7(5-13-15)2-3-14-19(16,17)9-4-8(12)10(11)18-9/h4-6,14H,2-3H2,1H3. The highest BCUT2D eigenvalue weighted by Crippen LogP contribution is 2.34. The van der Waals surface area contributed by atoms with Gasteiger partial charge in [0.2, 0.25) is 10.0 Å². The van der Waals surface area contributed by atoms with Gasteiger partial charge in [-0.15, -0.1) is 11.3 Å². The van der Waals surface area contributed by atoms with Gasteiger partial charge in [-0.1, -0.05) is 11.6 Å². The highest BCUT2D eigenvalue weighted by Gasteiger charge is 2.18. The van der Waals surface area contributed by atoms with E-state index in [0.717, 1.165) is 16.9 Å². The van der Waals surface area contributed by atoms with Gasteiger partial charge in [-0.2, -0.15) is 5.10 Å². The first-order chi connectivity index (χ1) is 8.88. The fourth-order valence-corrected chi connectivity index (χ4v) is 4.94. The van der Waals surface area contributed by atoms with Crippen LogP contribution in [0.3, 0.4) is 0 Å². The van der Waals surface area contributed by atoms with E-state index in [1.807, 2.05) is 13.2 Å². The van der Waals surface area contributed by atoms with Gasteiger partial charge < -0.3 is 0 Å². The van der Waals surface area contributed by atoms with Crippen LogP contribution in [0.1, 0.15) is 5.56 Å². The molecule has 2 rings (SSSR count). The first-order valence-electron chi connectivity index (χ1n) is 5.30. The summed E-state index contributed by atoms with van der Waals surface area (Å²) in [6, 6.07) is 1.43. The van der Waals surface area contributed by atoms with Crippen LogP contribution in [0.2, 0.25) is 5.02 Å². The molecule has 2 aromatic heterocycles. The molecule has 0 aliphatic carbocycles. The van der Waals surface area contributed by atoms with E-state index in [2.05, 4.69) is 25.8 Å². The SMILES string of the molecule is Cn1cc(CCNS(=O)(=O)c2cc(Cl)c(Br)s2)cn1. The predicted molar refractivity (Wildman–Crippen MR) is 79.1 cm³/mol. The molecule has 0 fully saturated rings. The number of hydrogen-bond acceptors (Lipinski definition) is 4. The number of aromatic nitrogens is 2. The van der Waals surface area contributed by atoms with Crippen molar-refractivity contribution in [1.82, 2.24) is 14.5 Å². The quantitative estimate of drug-likeness (QED) is 0.861. The number of rotatable bonds is 5. The van der Waals surface area contributed by atoms with Crippen LogP contribution in [0.15, 0.2) is 26.5 Å². The Bertz CT molecular complexity index is 661. The Morgan fingerprint density at radius 3 is 2.84 bits per heavy atom. The van der Waals surface area contributed by atoms with Gasteiger partial charge in [0.1, 0.15) is 4.21 Å². The number of hydrogen-bond donors (Lipinski definition) is 1. The molecule has 0 spiro atoms. The number of nitrogens with zero attached hydrogens (tertiary/aromatic N) is 2. The lowest BCUT2D eigenvalue weighted by atomic mass is 10.3. The third-order valence-electron chi connectivity index (χ3n) is 2.35. The van der Waals surface area contributed by atoms with E-state index in [0.29, 0.717) is 21.8 Å². The molecule has 0 radical (unpaired) electrons. The molecule has 0 aromatic carbocycles. The summed E-state index contributed by atoms with van der Waals surface area (Å²) in [7, 11) is -1.68. The summed E-state index contributed by atoms with van der Waals surface area (Å²) in [6.45, 7) is 0.321. The molecule has 0 atom stereocenters. The van der Waals surface area contributed by atoms with Crippen LogP contribution in [0.25, 0.3) is 0 Å². The van der Waals surface area contributed by atoms with E-state index in [9.17, 15) is 8.42 Å². The lowest BCUT2D eigenvalue weighted by molar-refractivity contribution is 0.584. The molecule has 0 unspecified atom stereocenters. The van der Waals surface area contributed by atoms with Gasteiger partial charge in [0.05, 0.1) is 15.0 Å². The van der Waals surface area contributed by atoms with Gasteiger partial charge in [-0.25, -0.2) is 13.1 Å². The van der Waals surface area contributed by atoms with Crippen molar-refractivity contribution in [2.75, 3.05) is 6.54 Å². The summed E-state index contributed by atoms with van der Waals surface area (Å²) >= 11 is 10.1. The lowest BCUT2D eigenvalue weighted by Gasteiger charge is -2.03. The van der Waals surface area contributed by atoms with Crippen LogP contribution in [0.4, 0.5) is 0 Å². The van der Waals surface area contributed by atoms with Gasteiger partial charge in [0, 0.05) is 19.8 Å². The highest BCUT2D eigenvalue weighted by atomic mass is 79.9. The molecular weight excluding hydrogens is 374 g/mol. The first-order valence-corrected chi connectivity index (χ1v) is 8.77. The van der Waals surface area contributed by atoms with Crippen LogP contribution < -0.4 is 4.72 Å². The summed E-state index contributed by atoms with van der Waals surface area (Å²) in [5.41, 5.74) is 0.982. The van der Waals surface area contributed by atoms with Gasteiger partial charge in [0.15, 0.2) is 0 Å². The summed E-state index contributed by atoms with van der Waals surface area (Å²) in [5.74, 6) is 0. The number of aryl methyl sites for hydroxylation is 1. The van der Waals surface area contributed by atoms with Gasteiger partial charge in [0.25, 0.3) is 0 Å². The van der Waals surface area contributed by atoms with Crippen molar-refractivity contribution in [3.63, 3.8) is 0 Å². The second-order valence-electron chi connectivity index (χ2n) is 3.86. The van der Waals surface area contributed by atoms with Gasteiger partial charge in [-0.3, -0.25) is 4.68 Å².